The highest BCUT2D eigenvalue weighted by atomic mass is 35.5. The summed E-state index contributed by atoms with van der Waals surface area (Å²) in [6, 6.07) is 13.0. The summed E-state index contributed by atoms with van der Waals surface area (Å²) in [4.78, 5) is 22.1. The fourth-order valence-corrected chi connectivity index (χ4v) is 5.20. The van der Waals surface area contributed by atoms with Crippen molar-refractivity contribution in [3.05, 3.63) is 84.4 Å². The van der Waals surface area contributed by atoms with Gasteiger partial charge in [0.2, 0.25) is 0 Å². The molecule has 3 aromatic rings. The highest BCUT2D eigenvalue weighted by molar-refractivity contribution is 6.34. The quantitative estimate of drug-likeness (QED) is 0.288. The number of carbonyl (C=O) groups is 1. The molecule has 4 rings (SSSR count). The standard InChI is InChI=1S/C29H35ClN4O2/c1-3-16-32(21-23-7-5-4-6-8-23)18-19-34(28-14-13-26(36-2)20-27(28)30)29(35)24-9-11-25(12-10-24)33-17-15-31-22-33/h3,9-15,17,20,22-23H,1,4-8,16,18-19,21H2,2H3. The summed E-state index contributed by atoms with van der Waals surface area (Å²) in [5.74, 6) is 1.28. The Morgan fingerprint density at radius 2 is 1.94 bits per heavy atom. The first-order chi connectivity index (χ1) is 17.6. The summed E-state index contributed by atoms with van der Waals surface area (Å²) in [6.45, 7) is 7.05. The Labute approximate surface area is 219 Å². The van der Waals surface area contributed by atoms with Crippen molar-refractivity contribution in [2.24, 2.45) is 5.92 Å². The first kappa shape index (κ1) is 26.0. The number of anilines is 1. The Kier molecular flexibility index (Phi) is 9.20. The molecule has 0 spiro atoms. The van der Waals surface area contributed by atoms with Gasteiger partial charge < -0.3 is 14.2 Å². The third kappa shape index (κ3) is 6.56. The van der Waals surface area contributed by atoms with Gasteiger partial charge in [-0.25, -0.2) is 4.98 Å². The van der Waals surface area contributed by atoms with Crippen LogP contribution in [0.15, 0.2) is 73.8 Å². The summed E-state index contributed by atoms with van der Waals surface area (Å²) in [5, 5.41) is 0.486. The molecular formula is C29H35ClN4O2. The van der Waals surface area contributed by atoms with E-state index in [2.05, 4.69) is 16.5 Å². The van der Waals surface area contributed by atoms with Gasteiger partial charge in [0.1, 0.15) is 5.75 Å². The fourth-order valence-electron chi connectivity index (χ4n) is 4.92. The summed E-state index contributed by atoms with van der Waals surface area (Å²) in [5.41, 5.74) is 2.23. The second-order valence-corrected chi connectivity index (χ2v) is 9.75. The van der Waals surface area contributed by atoms with Gasteiger partial charge in [0, 0.05) is 55.9 Å². The monoisotopic (exact) mass is 506 g/mol. The molecule has 1 aliphatic carbocycles. The van der Waals surface area contributed by atoms with Crippen LogP contribution in [0, 0.1) is 5.92 Å². The lowest BCUT2D eigenvalue weighted by Gasteiger charge is -2.31. The van der Waals surface area contributed by atoms with Crippen LogP contribution >= 0.6 is 11.6 Å². The van der Waals surface area contributed by atoms with Crippen LogP contribution < -0.4 is 9.64 Å². The molecule has 0 atom stereocenters. The lowest BCUT2D eigenvalue weighted by atomic mass is 9.89. The Morgan fingerprint density at radius 3 is 2.58 bits per heavy atom. The van der Waals surface area contributed by atoms with Crippen molar-refractivity contribution in [3.63, 3.8) is 0 Å². The zero-order valence-corrected chi connectivity index (χ0v) is 21.7. The Balaban J connectivity index is 1.55. The number of rotatable bonds is 11. The molecule has 0 N–H and O–H groups in total. The molecule has 0 radical (unpaired) electrons. The lowest BCUT2D eigenvalue weighted by Crippen LogP contribution is -2.41. The number of hydrogen-bond donors (Lipinski definition) is 0. The van der Waals surface area contributed by atoms with E-state index in [1.165, 1.54) is 32.1 Å². The van der Waals surface area contributed by atoms with E-state index in [0.29, 0.717) is 34.5 Å². The molecule has 1 heterocycles. The SMILES string of the molecule is C=CCN(CCN(C(=O)c1ccc(-n2ccnc2)cc1)c1ccc(OC)cc1Cl)CC1CCCCC1. The molecule has 1 aliphatic rings. The molecule has 6 nitrogen and oxygen atoms in total. The molecule has 36 heavy (non-hydrogen) atoms. The van der Waals surface area contributed by atoms with E-state index >= 15 is 0 Å². The minimum absolute atomic E-state index is 0.0875. The number of aromatic nitrogens is 2. The van der Waals surface area contributed by atoms with Gasteiger partial charge in [-0.15, -0.1) is 6.58 Å². The summed E-state index contributed by atoms with van der Waals surface area (Å²) < 4.78 is 7.23. The highest BCUT2D eigenvalue weighted by Crippen LogP contribution is 2.31. The number of imidazole rings is 1. The molecule has 0 saturated heterocycles. The normalized spacial score (nSPS) is 14.1. The van der Waals surface area contributed by atoms with Crippen LogP contribution in [0.25, 0.3) is 5.69 Å². The predicted molar refractivity (Wildman–Crippen MR) is 146 cm³/mol. The molecule has 0 aliphatic heterocycles. The largest absolute Gasteiger partial charge is 0.497 e. The van der Waals surface area contributed by atoms with Crippen LogP contribution in [0.5, 0.6) is 5.75 Å². The summed E-state index contributed by atoms with van der Waals surface area (Å²) >= 11 is 6.65. The average molecular weight is 507 g/mol. The van der Waals surface area contributed by atoms with Gasteiger partial charge in [0.05, 0.1) is 24.1 Å². The Bertz CT molecular complexity index is 1120. The number of methoxy groups -OCH3 is 1. The first-order valence-electron chi connectivity index (χ1n) is 12.7. The zero-order chi connectivity index (χ0) is 25.3. The Hall–Kier alpha value is -3.09. The maximum Gasteiger partial charge on any atom is 0.258 e. The average Bonchev–Trinajstić information content (AvgIpc) is 3.45. The van der Waals surface area contributed by atoms with Crippen molar-refractivity contribution in [2.75, 3.05) is 38.2 Å². The van der Waals surface area contributed by atoms with Crippen molar-refractivity contribution in [3.8, 4) is 11.4 Å². The fraction of sp³-hybridized carbons (Fsp3) is 0.379. The molecular weight excluding hydrogens is 472 g/mol. The van der Waals surface area contributed by atoms with E-state index in [0.717, 1.165) is 25.3 Å². The maximum atomic E-state index is 13.8. The Morgan fingerprint density at radius 1 is 1.17 bits per heavy atom. The number of nitrogens with zero attached hydrogens (tertiary/aromatic N) is 4. The molecule has 1 fully saturated rings. The topological polar surface area (TPSA) is 50.6 Å². The van der Waals surface area contributed by atoms with Crippen LogP contribution in [-0.4, -0.2) is 53.6 Å². The molecule has 190 valence electrons. The first-order valence-corrected chi connectivity index (χ1v) is 13.0. The molecule has 7 heteroatoms. The number of carbonyl (C=O) groups excluding carboxylic acids is 1. The molecule has 1 amide bonds. The van der Waals surface area contributed by atoms with Gasteiger partial charge in [-0.3, -0.25) is 9.69 Å². The molecule has 0 bridgehead atoms. The lowest BCUT2D eigenvalue weighted by molar-refractivity contribution is 0.0982. The van der Waals surface area contributed by atoms with Crippen molar-refractivity contribution in [1.82, 2.24) is 14.5 Å². The second kappa shape index (κ2) is 12.7. The van der Waals surface area contributed by atoms with Crippen LogP contribution in [0.4, 0.5) is 5.69 Å². The molecule has 1 aromatic heterocycles. The maximum absolute atomic E-state index is 13.8. The predicted octanol–water partition coefficient (Wildman–Crippen LogP) is 6.25. The molecule has 2 aromatic carbocycles. The minimum Gasteiger partial charge on any atom is -0.497 e. The van der Waals surface area contributed by atoms with Crippen LogP contribution in [-0.2, 0) is 0 Å². The number of amides is 1. The number of hydrogen-bond acceptors (Lipinski definition) is 4. The van der Waals surface area contributed by atoms with Gasteiger partial charge in [0.15, 0.2) is 0 Å². The van der Waals surface area contributed by atoms with E-state index in [1.807, 2.05) is 53.2 Å². The number of ether oxygens (including phenoxy) is 1. The summed E-state index contributed by atoms with van der Waals surface area (Å²) in [6.07, 6.45) is 13.8. The molecule has 0 unspecified atom stereocenters. The van der Waals surface area contributed by atoms with Gasteiger partial charge in [-0.2, -0.15) is 0 Å². The number of benzene rings is 2. The van der Waals surface area contributed by atoms with Gasteiger partial charge in [-0.1, -0.05) is 36.9 Å². The van der Waals surface area contributed by atoms with E-state index in [9.17, 15) is 4.79 Å². The van der Waals surface area contributed by atoms with Gasteiger partial charge in [-0.05, 0) is 55.2 Å². The van der Waals surface area contributed by atoms with E-state index in [1.54, 1.807) is 30.6 Å². The van der Waals surface area contributed by atoms with Crippen LogP contribution in [0.3, 0.4) is 0 Å². The summed E-state index contributed by atoms with van der Waals surface area (Å²) in [7, 11) is 1.61. The highest BCUT2D eigenvalue weighted by Gasteiger charge is 2.23. The zero-order valence-electron chi connectivity index (χ0n) is 21.0. The second-order valence-electron chi connectivity index (χ2n) is 9.34. The van der Waals surface area contributed by atoms with Crippen molar-refractivity contribution >= 4 is 23.2 Å². The minimum atomic E-state index is -0.0875. The van der Waals surface area contributed by atoms with Crippen molar-refractivity contribution in [1.29, 1.82) is 0 Å². The smallest absolute Gasteiger partial charge is 0.258 e. The van der Waals surface area contributed by atoms with E-state index in [4.69, 9.17) is 16.3 Å². The van der Waals surface area contributed by atoms with Crippen LogP contribution in [0.1, 0.15) is 42.5 Å². The van der Waals surface area contributed by atoms with Crippen molar-refractivity contribution in [2.45, 2.75) is 32.1 Å². The van der Waals surface area contributed by atoms with Gasteiger partial charge in [0.25, 0.3) is 5.91 Å². The van der Waals surface area contributed by atoms with E-state index in [-0.39, 0.29) is 5.91 Å². The van der Waals surface area contributed by atoms with Crippen LogP contribution in [0.2, 0.25) is 5.02 Å². The van der Waals surface area contributed by atoms with E-state index < -0.39 is 0 Å². The third-order valence-electron chi connectivity index (χ3n) is 6.88. The van der Waals surface area contributed by atoms with Gasteiger partial charge >= 0.3 is 0 Å². The molecule has 1 saturated carbocycles. The third-order valence-corrected chi connectivity index (χ3v) is 7.18. The van der Waals surface area contributed by atoms with Crippen molar-refractivity contribution < 1.29 is 9.53 Å². The number of halogens is 1.